The fourth-order valence-corrected chi connectivity index (χ4v) is 5.65. The molecule has 0 fully saturated rings. The van der Waals surface area contributed by atoms with Crippen molar-refractivity contribution < 1.29 is 13.9 Å². The van der Waals surface area contributed by atoms with Crippen molar-refractivity contribution in [3.05, 3.63) is 29.3 Å². The van der Waals surface area contributed by atoms with Crippen LogP contribution >= 0.6 is 8.60 Å². The minimum Gasteiger partial charge on any atom is -0.427 e. The summed E-state index contributed by atoms with van der Waals surface area (Å²) in [6, 6.07) is 6.41. The van der Waals surface area contributed by atoms with Crippen LogP contribution in [0.2, 0.25) is 0 Å². The first-order chi connectivity index (χ1) is 17.7. The van der Waals surface area contributed by atoms with E-state index in [2.05, 4.69) is 39.8 Å². The number of benzene rings is 1. The summed E-state index contributed by atoms with van der Waals surface area (Å²) in [5.41, 5.74) is 2.71. The summed E-state index contributed by atoms with van der Waals surface area (Å²) < 4.78 is 11.9. The molecule has 0 aliphatic rings. The maximum absolute atomic E-state index is 10.6. The van der Waals surface area contributed by atoms with E-state index in [0.717, 1.165) is 31.4 Å². The summed E-state index contributed by atoms with van der Waals surface area (Å²) >= 11 is 0. The van der Waals surface area contributed by atoms with E-state index in [1.165, 1.54) is 114 Å². The molecule has 0 saturated carbocycles. The molecule has 1 N–H and O–H groups in total. The van der Waals surface area contributed by atoms with Crippen LogP contribution < -0.4 is 4.52 Å². The normalized spacial score (nSPS) is 13.1. The van der Waals surface area contributed by atoms with Gasteiger partial charge in [-0.05, 0) is 55.2 Å². The van der Waals surface area contributed by atoms with E-state index in [0.29, 0.717) is 12.5 Å². The second-order valence-electron chi connectivity index (χ2n) is 10.7. The molecule has 2 unspecified atom stereocenters. The van der Waals surface area contributed by atoms with E-state index in [-0.39, 0.29) is 0 Å². The quantitative estimate of drug-likeness (QED) is 0.102. The third-order valence-corrected chi connectivity index (χ3v) is 8.17. The molecule has 1 aromatic rings. The van der Waals surface area contributed by atoms with E-state index < -0.39 is 8.60 Å². The summed E-state index contributed by atoms with van der Waals surface area (Å²) in [5, 5.41) is 0. The van der Waals surface area contributed by atoms with Gasteiger partial charge in [-0.15, -0.1) is 0 Å². The minimum absolute atomic E-state index is 0.501. The van der Waals surface area contributed by atoms with Gasteiger partial charge in [-0.1, -0.05) is 136 Å². The molecule has 0 aliphatic heterocycles. The summed E-state index contributed by atoms with van der Waals surface area (Å²) in [6.45, 7) is 9.57. The van der Waals surface area contributed by atoms with Gasteiger partial charge in [0, 0.05) is 0 Å². The highest BCUT2D eigenvalue weighted by molar-refractivity contribution is 7.41. The molecule has 1 rings (SSSR count). The lowest BCUT2D eigenvalue weighted by Crippen LogP contribution is -2.08. The Kier molecular flexibility index (Phi) is 21.8. The standard InChI is InChI=1S/C32H59O3P/c1-5-9-12-14-16-18-20-24-30-25-22-27-32(31(30)26-21-19-17-15-13-10-6-2)35-36(33)34-28-29(8-4)23-11-7-3/h22,25,27,29,33H,5-21,23-24,26,28H2,1-4H3. The average molecular weight is 523 g/mol. The second-order valence-corrected chi connectivity index (χ2v) is 11.6. The Hall–Kier alpha value is -0.630. The van der Waals surface area contributed by atoms with Crippen molar-refractivity contribution in [2.75, 3.05) is 6.61 Å². The van der Waals surface area contributed by atoms with Gasteiger partial charge in [0.1, 0.15) is 5.75 Å². The van der Waals surface area contributed by atoms with Crippen LogP contribution in [0.3, 0.4) is 0 Å². The Morgan fingerprint density at radius 2 is 1.25 bits per heavy atom. The predicted molar refractivity (Wildman–Crippen MR) is 159 cm³/mol. The summed E-state index contributed by atoms with van der Waals surface area (Å²) in [5.74, 6) is 1.35. The van der Waals surface area contributed by atoms with Crippen LogP contribution in [0.1, 0.15) is 154 Å². The van der Waals surface area contributed by atoms with Crippen LogP contribution in [0.5, 0.6) is 5.75 Å². The fourth-order valence-electron chi connectivity index (χ4n) is 4.92. The van der Waals surface area contributed by atoms with E-state index in [1.54, 1.807) is 0 Å². The highest BCUT2D eigenvalue weighted by Crippen LogP contribution is 2.39. The van der Waals surface area contributed by atoms with Crippen LogP contribution in [0.25, 0.3) is 0 Å². The lowest BCUT2D eigenvalue weighted by molar-refractivity contribution is 0.204. The minimum atomic E-state index is -1.89. The first-order valence-electron chi connectivity index (χ1n) is 15.6. The van der Waals surface area contributed by atoms with Gasteiger partial charge in [-0.25, -0.2) is 0 Å². The zero-order valence-electron chi connectivity index (χ0n) is 24.4. The third kappa shape index (κ3) is 16.3. The van der Waals surface area contributed by atoms with Crippen LogP contribution in [0, 0.1) is 5.92 Å². The molecule has 36 heavy (non-hydrogen) atoms. The van der Waals surface area contributed by atoms with E-state index in [1.807, 2.05) is 6.07 Å². The second kappa shape index (κ2) is 23.5. The highest BCUT2D eigenvalue weighted by atomic mass is 31.2. The first-order valence-corrected chi connectivity index (χ1v) is 16.7. The SMILES string of the molecule is CCCCCCCCCc1cccc(OP(O)OCC(CC)CCCC)c1CCCCCCCCC. The smallest absolute Gasteiger partial charge is 0.394 e. The lowest BCUT2D eigenvalue weighted by atomic mass is 9.95. The van der Waals surface area contributed by atoms with E-state index >= 15 is 0 Å². The van der Waals surface area contributed by atoms with Gasteiger partial charge >= 0.3 is 8.60 Å². The van der Waals surface area contributed by atoms with Crippen LogP contribution in [0.15, 0.2) is 18.2 Å². The molecule has 1 aromatic carbocycles. The molecule has 0 bridgehead atoms. The monoisotopic (exact) mass is 522 g/mol. The molecule has 4 heteroatoms. The Morgan fingerprint density at radius 1 is 0.694 bits per heavy atom. The Bertz CT molecular complexity index is 621. The van der Waals surface area contributed by atoms with Crippen molar-refractivity contribution in [1.29, 1.82) is 0 Å². The van der Waals surface area contributed by atoms with Crippen molar-refractivity contribution in [3.63, 3.8) is 0 Å². The van der Waals surface area contributed by atoms with Crippen LogP contribution in [-0.2, 0) is 17.4 Å². The molecule has 0 amide bonds. The fraction of sp³-hybridized carbons (Fsp3) is 0.812. The first kappa shape index (κ1) is 33.4. The number of unbranched alkanes of at least 4 members (excludes halogenated alkanes) is 13. The Morgan fingerprint density at radius 3 is 1.83 bits per heavy atom. The molecule has 3 nitrogen and oxygen atoms in total. The molecule has 0 radical (unpaired) electrons. The number of aryl methyl sites for hydroxylation is 1. The summed E-state index contributed by atoms with van der Waals surface area (Å²) in [6.07, 6.45) is 25.3. The van der Waals surface area contributed by atoms with E-state index in [9.17, 15) is 4.89 Å². The number of rotatable bonds is 25. The van der Waals surface area contributed by atoms with Crippen LogP contribution in [-0.4, -0.2) is 11.5 Å². The van der Waals surface area contributed by atoms with Crippen molar-refractivity contribution in [1.82, 2.24) is 0 Å². The molecule has 0 aromatic heterocycles. The van der Waals surface area contributed by atoms with Crippen LogP contribution in [0.4, 0.5) is 0 Å². The van der Waals surface area contributed by atoms with Gasteiger partial charge in [0.15, 0.2) is 0 Å². The maximum Gasteiger partial charge on any atom is 0.394 e. The molecular weight excluding hydrogens is 463 g/mol. The molecule has 2 atom stereocenters. The van der Waals surface area contributed by atoms with E-state index in [4.69, 9.17) is 9.05 Å². The third-order valence-electron chi connectivity index (χ3n) is 7.45. The topological polar surface area (TPSA) is 38.7 Å². The maximum atomic E-state index is 10.6. The Labute approximate surface area is 226 Å². The molecule has 0 aliphatic carbocycles. The summed E-state index contributed by atoms with van der Waals surface area (Å²) in [4.78, 5) is 10.6. The van der Waals surface area contributed by atoms with Crippen molar-refractivity contribution in [3.8, 4) is 5.75 Å². The van der Waals surface area contributed by atoms with Crippen molar-refractivity contribution >= 4 is 8.60 Å². The van der Waals surface area contributed by atoms with Gasteiger partial charge < -0.3 is 13.9 Å². The number of hydrogen-bond acceptors (Lipinski definition) is 3. The van der Waals surface area contributed by atoms with Gasteiger partial charge in [-0.2, -0.15) is 0 Å². The van der Waals surface area contributed by atoms with Gasteiger partial charge in [0.2, 0.25) is 0 Å². The molecule has 0 spiro atoms. The van der Waals surface area contributed by atoms with Gasteiger partial charge in [0.05, 0.1) is 6.61 Å². The zero-order valence-corrected chi connectivity index (χ0v) is 25.3. The molecule has 0 heterocycles. The predicted octanol–water partition coefficient (Wildman–Crippen LogP) is 11.1. The van der Waals surface area contributed by atoms with Crippen molar-refractivity contribution in [2.24, 2.45) is 5.92 Å². The highest BCUT2D eigenvalue weighted by Gasteiger charge is 2.17. The largest absolute Gasteiger partial charge is 0.427 e. The average Bonchev–Trinajstić information content (AvgIpc) is 2.88. The Balaban J connectivity index is 2.68. The lowest BCUT2D eigenvalue weighted by Gasteiger charge is -2.20. The van der Waals surface area contributed by atoms with Crippen molar-refractivity contribution in [2.45, 2.75) is 156 Å². The zero-order chi connectivity index (χ0) is 26.3. The number of hydrogen-bond donors (Lipinski definition) is 1. The molecule has 210 valence electrons. The molecular formula is C32H59O3P. The van der Waals surface area contributed by atoms with Gasteiger partial charge in [0.25, 0.3) is 0 Å². The molecule has 0 saturated heterocycles. The summed E-state index contributed by atoms with van der Waals surface area (Å²) in [7, 11) is -1.89. The van der Waals surface area contributed by atoms with Gasteiger partial charge in [-0.3, -0.25) is 0 Å².